The van der Waals surface area contributed by atoms with E-state index in [0.29, 0.717) is 35.3 Å². The molecule has 0 amide bonds. The Balaban J connectivity index is 1.44. The fourth-order valence-electron chi connectivity index (χ4n) is 4.06. The standard InChI is InChI=1S/C15H24N4O2S/c1-9-11-7-10(15(11,2)3)8-12(9)21-13(20)5-6-22-14-16-17-18-19(14)4/h9-12H,5-8H2,1-4H3. The van der Waals surface area contributed by atoms with Gasteiger partial charge in [-0.25, -0.2) is 4.68 Å². The Hall–Kier alpha value is -1.11. The molecule has 0 aliphatic heterocycles. The molecule has 3 saturated carbocycles. The summed E-state index contributed by atoms with van der Waals surface area (Å²) >= 11 is 1.48. The van der Waals surface area contributed by atoms with Crippen LogP contribution < -0.4 is 0 Å². The zero-order chi connectivity index (χ0) is 15.9. The van der Waals surface area contributed by atoms with Gasteiger partial charge in [-0.1, -0.05) is 32.5 Å². The lowest BCUT2D eigenvalue weighted by Crippen LogP contribution is -2.57. The first-order chi connectivity index (χ1) is 10.4. The molecule has 4 rings (SSSR count). The number of hydrogen-bond donors (Lipinski definition) is 0. The number of aromatic nitrogens is 4. The summed E-state index contributed by atoms with van der Waals surface area (Å²) in [4.78, 5) is 12.1. The van der Waals surface area contributed by atoms with Crippen molar-refractivity contribution in [3.63, 3.8) is 0 Å². The number of carbonyl (C=O) groups excluding carboxylic acids is 1. The van der Waals surface area contributed by atoms with Gasteiger partial charge in [-0.05, 0) is 46.4 Å². The van der Waals surface area contributed by atoms with Crippen molar-refractivity contribution in [2.24, 2.45) is 30.2 Å². The summed E-state index contributed by atoms with van der Waals surface area (Å²) in [6, 6.07) is 0. The lowest BCUT2D eigenvalue weighted by molar-refractivity contribution is -0.185. The molecular weight excluding hydrogens is 300 g/mol. The fraction of sp³-hybridized carbons (Fsp3) is 0.867. The Morgan fingerprint density at radius 3 is 2.82 bits per heavy atom. The number of esters is 1. The van der Waals surface area contributed by atoms with Gasteiger partial charge in [0.25, 0.3) is 0 Å². The van der Waals surface area contributed by atoms with Crippen molar-refractivity contribution >= 4 is 17.7 Å². The van der Waals surface area contributed by atoms with Gasteiger partial charge in [0.2, 0.25) is 5.16 Å². The van der Waals surface area contributed by atoms with Crippen molar-refractivity contribution < 1.29 is 9.53 Å². The van der Waals surface area contributed by atoms with Crippen LogP contribution in [0.2, 0.25) is 0 Å². The van der Waals surface area contributed by atoms with Crippen LogP contribution in [-0.4, -0.2) is 38.0 Å². The SMILES string of the molecule is CC1C(OC(=O)CCSc2nnnn2C)CC2CC1C2(C)C. The molecule has 1 aromatic heterocycles. The van der Waals surface area contributed by atoms with Crippen molar-refractivity contribution in [1.82, 2.24) is 20.2 Å². The molecule has 2 bridgehead atoms. The molecule has 3 aliphatic rings. The number of tetrazole rings is 1. The van der Waals surface area contributed by atoms with E-state index in [4.69, 9.17) is 4.74 Å². The van der Waals surface area contributed by atoms with Crippen LogP contribution in [0.15, 0.2) is 5.16 Å². The maximum Gasteiger partial charge on any atom is 0.306 e. The van der Waals surface area contributed by atoms with Gasteiger partial charge in [0.05, 0.1) is 6.42 Å². The van der Waals surface area contributed by atoms with Crippen molar-refractivity contribution in [2.75, 3.05) is 5.75 Å². The van der Waals surface area contributed by atoms with E-state index in [1.54, 1.807) is 11.7 Å². The van der Waals surface area contributed by atoms with Crippen LogP contribution in [0.3, 0.4) is 0 Å². The van der Waals surface area contributed by atoms with Crippen molar-refractivity contribution in [3.8, 4) is 0 Å². The van der Waals surface area contributed by atoms with Gasteiger partial charge in [0.15, 0.2) is 0 Å². The molecule has 22 heavy (non-hydrogen) atoms. The van der Waals surface area contributed by atoms with Crippen LogP contribution in [0, 0.1) is 23.2 Å². The van der Waals surface area contributed by atoms with Gasteiger partial charge in [-0.3, -0.25) is 4.79 Å². The topological polar surface area (TPSA) is 69.9 Å². The molecule has 3 fully saturated rings. The predicted octanol–water partition coefficient (Wildman–Crippen LogP) is 2.31. The number of fused-ring (bicyclic) bond motifs is 2. The van der Waals surface area contributed by atoms with E-state index < -0.39 is 0 Å². The quantitative estimate of drug-likeness (QED) is 0.611. The number of nitrogens with zero attached hydrogens (tertiary/aromatic N) is 4. The van der Waals surface area contributed by atoms with Crippen LogP contribution in [0.5, 0.6) is 0 Å². The zero-order valence-electron chi connectivity index (χ0n) is 13.7. The molecular formula is C15H24N4O2S. The highest BCUT2D eigenvalue weighted by molar-refractivity contribution is 7.99. The Morgan fingerprint density at radius 1 is 1.45 bits per heavy atom. The highest BCUT2D eigenvalue weighted by Gasteiger charge is 2.57. The minimum Gasteiger partial charge on any atom is -0.462 e. The summed E-state index contributed by atoms with van der Waals surface area (Å²) in [7, 11) is 1.79. The van der Waals surface area contributed by atoms with Gasteiger partial charge in [0, 0.05) is 12.8 Å². The van der Waals surface area contributed by atoms with E-state index >= 15 is 0 Å². The zero-order valence-corrected chi connectivity index (χ0v) is 14.5. The molecule has 0 spiro atoms. The lowest BCUT2D eigenvalue weighted by atomic mass is 9.45. The number of carbonyl (C=O) groups is 1. The summed E-state index contributed by atoms with van der Waals surface area (Å²) in [6.07, 6.45) is 2.83. The lowest BCUT2D eigenvalue weighted by Gasteiger charge is -2.61. The first kappa shape index (κ1) is 15.8. The summed E-state index contributed by atoms with van der Waals surface area (Å²) < 4.78 is 7.34. The highest BCUT2D eigenvalue weighted by Crippen LogP contribution is 2.61. The number of aryl methyl sites for hydroxylation is 1. The highest BCUT2D eigenvalue weighted by atomic mass is 32.2. The molecule has 0 aromatic carbocycles. The second-order valence-electron chi connectivity index (χ2n) is 7.17. The van der Waals surface area contributed by atoms with Gasteiger partial charge in [-0.2, -0.15) is 0 Å². The molecule has 7 heteroatoms. The normalized spacial score (nSPS) is 32.4. The molecule has 4 atom stereocenters. The monoisotopic (exact) mass is 324 g/mol. The fourth-order valence-corrected chi connectivity index (χ4v) is 4.82. The molecule has 122 valence electrons. The van der Waals surface area contributed by atoms with E-state index in [1.807, 2.05) is 0 Å². The first-order valence-corrected chi connectivity index (χ1v) is 8.92. The smallest absolute Gasteiger partial charge is 0.306 e. The molecule has 0 radical (unpaired) electrons. The van der Waals surface area contributed by atoms with Crippen molar-refractivity contribution in [2.45, 2.75) is 51.3 Å². The van der Waals surface area contributed by atoms with E-state index in [2.05, 4.69) is 36.3 Å². The largest absolute Gasteiger partial charge is 0.462 e. The minimum absolute atomic E-state index is 0.0985. The molecule has 3 aliphatic carbocycles. The molecule has 0 N–H and O–H groups in total. The summed E-state index contributed by atoms with van der Waals surface area (Å²) in [6.45, 7) is 6.94. The van der Waals surface area contributed by atoms with Crippen molar-refractivity contribution in [1.29, 1.82) is 0 Å². The van der Waals surface area contributed by atoms with E-state index in [-0.39, 0.29) is 12.1 Å². The summed E-state index contributed by atoms with van der Waals surface area (Å²) in [5.74, 6) is 2.43. The summed E-state index contributed by atoms with van der Waals surface area (Å²) in [5.41, 5.74) is 0.427. The third-order valence-corrected chi connectivity index (χ3v) is 6.70. The van der Waals surface area contributed by atoms with Crippen LogP contribution in [0.25, 0.3) is 0 Å². The van der Waals surface area contributed by atoms with Gasteiger partial charge in [-0.15, -0.1) is 5.10 Å². The van der Waals surface area contributed by atoms with Gasteiger partial charge < -0.3 is 4.74 Å². The van der Waals surface area contributed by atoms with Crippen LogP contribution in [-0.2, 0) is 16.6 Å². The molecule has 6 nitrogen and oxygen atoms in total. The van der Waals surface area contributed by atoms with Crippen LogP contribution in [0.1, 0.15) is 40.0 Å². The van der Waals surface area contributed by atoms with E-state index in [9.17, 15) is 4.79 Å². The minimum atomic E-state index is -0.0985. The van der Waals surface area contributed by atoms with Crippen LogP contribution >= 0.6 is 11.8 Å². The third kappa shape index (κ3) is 2.75. The third-order valence-electron chi connectivity index (χ3n) is 5.69. The molecule has 1 aromatic rings. The van der Waals surface area contributed by atoms with Crippen molar-refractivity contribution in [3.05, 3.63) is 0 Å². The summed E-state index contributed by atoms with van der Waals surface area (Å²) in [5, 5.41) is 11.9. The van der Waals surface area contributed by atoms with Crippen LogP contribution in [0.4, 0.5) is 0 Å². The average molecular weight is 324 g/mol. The molecule has 4 unspecified atom stereocenters. The van der Waals surface area contributed by atoms with Gasteiger partial charge >= 0.3 is 5.97 Å². The number of thioether (sulfide) groups is 1. The predicted molar refractivity (Wildman–Crippen MR) is 83.2 cm³/mol. The number of hydrogen-bond acceptors (Lipinski definition) is 6. The molecule has 0 saturated heterocycles. The maximum absolute atomic E-state index is 12.1. The Labute approximate surface area is 135 Å². The van der Waals surface area contributed by atoms with E-state index in [0.717, 1.165) is 11.6 Å². The maximum atomic E-state index is 12.1. The average Bonchev–Trinajstić information content (AvgIpc) is 2.86. The Bertz CT molecular complexity index is 559. The second-order valence-corrected chi connectivity index (χ2v) is 8.23. The first-order valence-electron chi connectivity index (χ1n) is 7.94. The van der Waals surface area contributed by atoms with Gasteiger partial charge in [0.1, 0.15) is 6.10 Å². The Morgan fingerprint density at radius 2 is 2.23 bits per heavy atom. The molecule has 1 heterocycles. The number of rotatable bonds is 5. The van der Waals surface area contributed by atoms with E-state index in [1.165, 1.54) is 18.2 Å². The second kappa shape index (κ2) is 5.83. The number of ether oxygens (including phenoxy) is 1. The Kier molecular flexibility index (Phi) is 4.18.